The highest BCUT2D eigenvalue weighted by Crippen LogP contribution is 2.11. The minimum Gasteiger partial charge on any atom is -0.486 e. The first-order valence-electron chi connectivity index (χ1n) is 3.41. The van der Waals surface area contributed by atoms with Gasteiger partial charge < -0.3 is 4.74 Å². The topological polar surface area (TPSA) is 22.1 Å². The summed E-state index contributed by atoms with van der Waals surface area (Å²) in [6.45, 7) is 0.151. The van der Waals surface area contributed by atoms with E-state index in [9.17, 15) is 4.39 Å². The molecule has 0 saturated heterocycles. The first-order chi connectivity index (χ1) is 6.22. The molecule has 2 nitrogen and oxygen atoms in total. The largest absolute Gasteiger partial charge is 0.486 e. The van der Waals surface area contributed by atoms with Crippen molar-refractivity contribution < 1.29 is 9.13 Å². The van der Waals surface area contributed by atoms with Crippen molar-refractivity contribution in [1.82, 2.24) is 4.98 Å². The quantitative estimate of drug-likeness (QED) is 0.733. The lowest BCUT2D eigenvalue weighted by molar-refractivity contribution is 0.356. The molecule has 0 radical (unpaired) electrons. The molecule has 0 aliphatic rings. The van der Waals surface area contributed by atoms with Crippen LogP contribution in [0.2, 0.25) is 0 Å². The predicted octanol–water partition coefficient (Wildman–Crippen LogP) is 2.92. The van der Waals surface area contributed by atoms with Gasteiger partial charge in [-0.3, -0.25) is 0 Å². The molecule has 0 aliphatic heterocycles. The molecule has 0 saturated carbocycles. The van der Waals surface area contributed by atoms with E-state index in [-0.39, 0.29) is 6.61 Å². The second-order valence-corrected chi connectivity index (χ2v) is 2.86. The Hall–Kier alpha value is -0.800. The predicted molar refractivity (Wildman–Crippen MR) is 49.5 cm³/mol. The van der Waals surface area contributed by atoms with Crippen LogP contribution in [0.25, 0.3) is 0 Å². The third kappa shape index (κ3) is 3.61. The van der Waals surface area contributed by atoms with Crippen LogP contribution in [0.4, 0.5) is 4.39 Å². The van der Waals surface area contributed by atoms with E-state index in [2.05, 4.69) is 4.98 Å². The molecule has 0 aliphatic carbocycles. The van der Waals surface area contributed by atoms with Gasteiger partial charge in [-0.25, -0.2) is 4.98 Å². The van der Waals surface area contributed by atoms with Crippen LogP contribution < -0.4 is 4.74 Å². The maximum Gasteiger partial charge on any atom is 0.213 e. The van der Waals surface area contributed by atoms with Crippen molar-refractivity contribution in [1.29, 1.82) is 0 Å². The van der Waals surface area contributed by atoms with E-state index < -0.39 is 5.95 Å². The molecule has 0 unspecified atom stereocenters. The van der Waals surface area contributed by atoms with Crippen molar-refractivity contribution in [2.75, 3.05) is 6.61 Å². The van der Waals surface area contributed by atoms with Crippen LogP contribution in [-0.2, 0) is 0 Å². The Balaban J connectivity index is 2.51. The molecule has 1 rings (SSSR count). The average Bonchev–Trinajstić information content (AvgIpc) is 2.16. The summed E-state index contributed by atoms with van der Waals surface area (Å²) < 4.78 is 17.4. The lowest BCUT2D eigenvalue weighted by atomic mass is 10.4. The zero-order valence-electron chi connectivity index (χ0n) is 6.51. The smallest absolute Gasteiger partial charge is 0.213 e. The van der Waals surface area contributed by atoms with Gasteiger partial charge in [-0.05, 0) is 12.1 Å². The van der Waals surface area contributed by atoms with Gasteiger partial charge in [-0.15, -0.1) is 0 Å². The Morgan fingerprint density at radius 2 is 2.38 bits per heavy atom. The molecule has 0 atom stereocenters. The molecular weight excluding hydrogens is 216 g/mol. The van der Waals surface area contributed by atoms with Crippen molar-refractivity contribution in [3.05, 3.63) is 34.8 Å². The van der Waals surface area contributed by atoms with Crippen molar-refractivity contribution >= 4 is 23.2 Å². The van der Waals surface area contributed by atoms with E-state index in [4.69, 9.17) is 27.9 Å². The maximum atomic E-state index is 12.3. The Labute approximate surface area is 84.9 Å². The van der Waals surface area contributed by atoms with Gasteiger partial charge in [0.1, 0.15) is 12.4 Å². The molecule has 0 spiro atoms. The Bertz CT molecular complexity index is 300. The van der Waals surface area contributed by atoms with Gasteiger partial charge in [-0.2, -0.15) is 4.39 Å². The zero-order chi connectivity index (χ0) is 9.68. The van der Waals surface area contributed by atoms with Crippen molar-refractivity contribution in [3.8, 4) is 5.75 Å². The number of nitrogens with zero attached hydrogens (tertiary/aromatic N) is 1. The zero-order valence-corrected chi connectivity index (χ0v) is 8.02. The molecule has 1 aromatic heterocycles. The van der Waals surface area contributed by atoms with Crippen molar-refractivity contribution in [3.63, 3.8) is 0 Å². The molecule has 0 fully saturated rings. The summed E-state index contributed by atoms with van der Waals surface area (Å²) in [5, 5.41) is 0.367. The average molecular weight is 222 g/mol. The van der Waals surface area contributed by atoms with E-state index in [0.717, 1.165) is 0 Å². The third-order valence-electron chi connectivity index (χ3n) is 1.20. The minimum atomic E-state index is -0.550. The van der Waals surface area contributed by atoms with E-state index in [1.165, 1.54) is 23.9 Å². The lowest BCUT2D eigenvalue weighted by Crippen LogP contribution is -1.97. The Kier molecular flexibility index (Phi) is 3.99. The van der Waals surface area contributed by atoms with Crippen LogP contribution in [0, 0.1) is 5.95 Å². The van der Waals surface area contributed by atoms with Gasteiger partial charge >= 0.3 is 0 Å². The number of halogens is 3. The molecule has 0 amide bonds. The first kappa shape index (κ1) is 10.3. The Morgan fingerprint density at radius 3 is 2.92 bits per heavy atom. The molecule has 0 aromatic carbocycles. The fourth-order valence-electron chi connectivity index (χ4n) is 0.631. The summed E-state index contributed by atoms with van der Waals surface area (Å²) in [6.07, 6.45) is 1.27. The van der Waals surface area contributed by atoms with Gasteiger partial charge in [0.25, 0.3) is 0 Å². The highest BCUT2D eigenvalue weighted by molar-refractivity contribution is 6.36. The SMILES string of the molecule is Fc1ccc(OC/C(Cl)=C/Cl)cn1. The molecule has 0 bridgehead atoms. The molecular formula is C8H6Cl2FNO. The summed E-state index contributed by atoms with van der Waals surface area (Å²) in [6, 6.07) is 2.66. The van der Waals surface area contributed by atoms with Crippen LogP contribution >= 0.6 is 23.2 Å². The molecule has 1 heterocycles. The monoisotopic (exact) mass is 221 g/mol. The van der Waals surface area contributed by atoms with Crippen LogP contribution in [-0.4, -0.2) is 11.6 Å². The first-order valence-corrected chi connectivity index (χ1v) is 4.23. The van der Waals surface area contributed by atoms with Gasteiger partial charge in [0.05, 0.1) is 11.2 Å². The number of hydrogen-bond acceptors (Lipinski definition) is 2. The lowest BCUT2D eigenvalue weighted by Gasteiger charge is -2.02. The minimum absolute atomic E-state index is 0.151. The summed E-state index contributed by atoms with van der Waals surface area (Å²) in [5.74, 6) is -0.107. The van der Waals surface area contributed by atoms with Crippen LogP contribution in [0.15, 0.2) is 28.9 Å². The number of hydrogen-bond donors (Lipinski definition) is 0. The van der Waals surface area contributed by atoms with E-state index in [0.29, 0.717) is 10.8 Å². The second kappa shape index (κ2) is 5.04. The van der Waals surface area contributed by atoms with E-state index in [1.54, 1.807) is 0 Å². The van der Waals surface area contributed by atoms with Gasteiger partial charge in [0.15, 0.2) is 0 Å². The highest BCUT2D eigenvalue weighted by atomic mass is 35.5. The van der Waals surface area contributed by atoms with Gasteiger partial charge in [0, 0.05) is 5.54 Å². The molecule has 5 heteroatoms. The molecule has 13 heavy (non-hydrogen) atoms. The number of aromatic nitrogens is 1. The van der Waals surface area contributed by atoms with Crippen LogP contribution in [0.5, 0.6) is 5.75 Å². The standard InChI is InChI=1S/C8H6Cl2FNO/c9-3-6(10)5-13-7-1-2-8(11)12-4-7/h1-4H,5H2/b6-3-. The highest BCUT2D eigenvalue weighted by Gasteiger charge is 1.96. The normalized spacial score (nSPS) is 11.5. The van der Waals surface area contributed by atoms with Crippen LogP contribution in [0.1, 0.15) is 0 Å². The van der Waals surface area contributed by atoms with Crippen molar-refractivity contribution in [2.45, 2.75) is 0 Å². The third-order valence-corrected chi connectivity index (χ3v) is 1.79. The summed E-state index contributed by atoms with van der Waals surface area (Å²) in [4.78, 5) is 3.40. The van der Waals surface area contributed by atoms with Crippen LogP contribution in [0.3, 0.4) is 0 Å². The molecule has 0 N–H and O–H groups in total. The second-order valence-electron chi connectivity index (χ2n) is 2.16. The van der Waals surface area contributed by atoms with Crippen molar-refractivity contribution in [2.24, 2.45) is 0 Å². The van der Waals surface area contributed by atoms with Gasteiger partial charge in [-0.1, -0.05) is 23.2 Å². The Morgan fingerprint density at radius 1 is 1.62 bits per heavy atom. The summed E-state index contributed by atoms with van der Waals surface area (Å²) in [5.41, 5.74) is 1.21. The number of pyridine rings is 1. The van der Waals surface area contributed by atoms with E-state index in [1.807, 2.05) is 0 Å². The summed E-state index contributed by atoms with van der Waals surface area (Å²) >= 11 is 10.8. The van der Waals surface area contributed by atoms with Gasteiger partial charge in [0.2, 0.25) is 5.95 Å². The maximum absolute atomic E-state index is 12.3. The van der Waals surface area contributed by atoms with E-state index >= 15 is 0 Å². The molecule has 70 valence electrons. The fourth-order valence-corrected chi connectivity index (χ4v) is 0.749. The number of rotatable bonds is 3. The fraction of sp³-hybridized carbons (Fsp3) is 0.125. The summed E-state index contributed by atoms with van der Waals surface area (Å²) in [7, 11) is 0. The molecule has 1 aromatic rings. The number of ether oxygens (including phenoxy) is 1.